The van der Waals surface area contributed by atoms with Crippen LogP contribution in [0.5, 0.6) is 5.75 Å². The summed E-state index contributed by atoms with van der Waals surface area (Å²) in [5.41, 5.74) is 0.202. The molecule has 0 atom stereocenters. The molecule has 0 saturated carbocycles. The second-order valence-corrected chi connectivity index (χ2v) is 20.3. The molecule has 0 spiro atoms. The Bertz CT molecular complexity index is 1310. The number of aliphatic carboxylic acids is 2. The first-order chi connectivity index (χ1) is 19.6. The van der Waals surface area contributed by atoms with Crippen molar-refractivity contribution >= 4 is 35.5 Å². The van der Waals surface area contributed by atoms with E-state index in [1.54, 1.807) is 23.5 Å². The number of rotatable bonds is 9. The lowest BCUT2D eigenvalue weighted by molar-refractivity contribution is -0.158. The van der Waals surface area contributed by atoms with E-state index >= 15 is 0 Å². The van der Waals surface area contributed by atoms with Crippen LogP contribution >= 0.6 is 23.5 Å². The molecule has 3 N–H and O–H groups in total. The zero-order valence-corrected chi connectivity index (χ0v) is 31.3. The number of aromatic hydroxyl groups is 1. The van der Waals surface area contributed by atoms with Gasteiger partial charge < -0.3 is 15.3 Å². The van der Waals surface area contributed by atoms with Crippen LogP contribution in [0.4, 0.5) is 0 Å². The van der Waals surface area contributed by atoms with Gasteiger partial charge in [-0.2, -0.15) is 0 Å². The molecule has 246 valence electrons. The van der Waals surface area contributed by atoms with E-state index < -0.39 is 28.2 Å². The van der Waals surface area contributed by atoms with E-state index in [0.29, 0.717) is 17.7 Å². The lowest BCUT2D eigenvalue weighted by atomic mass is 9.65. The molecule has 0 amide bonds. The highest BCUT2D eigenvalue weighted by Crippen LogP contribution is 2.51. The average molecular weight is 645 g/mol. The molecule has 0 bridgehead atoms. The summed E-state index contributed by atoms with van der Waals surface area (Å²) in [4.78, 5) is 27.9. The van der Waals surface area contributed by atoms with Gasteiger partial charge in [0.1, 0.15) is 5.75 Å². The number of hydrogen-bond acceptors (Lipinski definition) is 5. The molecule has 5 nitrogen and oxygen atoms in total. The van der Waals surface area contributed by atoms with E-state index in [1.165, 1.54) is 0 Å². The summed E-state index contributed by atoms with van der Waals surface area (Å²) in [6.45, 7) is 30.9. The van der Waals surface area contributed by atoms with Crippen molar-refractivity contribution in [2.45, 2.75) is 158 Å². The van der Waals surface area contributed by atoms with Crippen LogP contribution in [0.1, 0.15) is 145 Å². The first-order valence-electron chi connectivity index (χ1n) is 15.5. The number of phenols is 1. The van der Waals surface area contributed by atoms with Gasteiger partial charge in [0.2, 0.25) is 0 Å². The van der Waals surface area contributed by atoms with E-state index in [0.717, 1.165) is 32.0 Å². The molecule has 0 unspecified atom stereocenters. The van der Waals surface area contributed by atoms with Gasteiger partial charge in [0, 0.05) is 20.9 Å². The highest BCUT2D eigenvalue weighted by molar-refractivity contribution is 8.18. The zero-order chi connectivity index (χ0) is 34.4. The topological polar surface area (TPSA) is 94.8 Å². The Morgan fingerprint density at radius 1 is 0.591 bits per heavy atom. The maximum atomic E-state index is 12.9. The molecule has 0 aliphatic carbocycles. The summed E-state index contributed by atoms with van der Waals surface area (Å²) in [7, 11) is 0. The minimum Gasteiger partial charge on any atom is -0.507 e. The Balaban J connectivity index is 2.85. The van der Waals surface area contributed by atoms with Crippen LogP contribution in [-0.2, 0) is 36.7 Å². The Kier molecular flexibility index (Phi) is 10.9. The Morgan fingerprint density at radius 3 is 1.14 bits per heavy atom. The highest BCUT2D eigenvalue weighted by atomic mass is 32.2. The van der Waals surface area contributed by atoms with E-state index in [-0.39, 0.29) is 21.3 Å². The minimum atomic E-state index is -2.05. The Hall–Kier alpha value is -2.12. The Labute approximate surface area is 275 Å². The number of carboxylic acids is 2. The molecule has 2 rings (SSSR count). The monoisotopic (exact) mass is 644 g/mol. The summed E-state index contributed by atoms with van der Waals surface area (Å²) < 4.78 is -0.354. The van der Waals surface area contributed by atoms with Gasteiger partial charge >= 0.3 is 11.9 Å². The fraction of sp³-hybridized carbons (Fsp3) is 0.622. The van der Waals surface area contributed by atoms with Gasteiger partial charge in [-0.25, -0.2) is 0 Å². The van der Waals surface area contributed by atoms with E-state index in [4.69, 9.17) is 0 Å². The van der Waals surface area contributed by atoms with Crippen LogP contribution < -0.4 is 0 Å². The molecule has 0 aromatic heterocycles. The van der Waals surface area contributed by atoms with E-state index in [2.05, 4.69) is 67.5 Å². The number of thioether (sulfide) groups is 2. The summed E-state index contributed by atoms with van der Waals surface area (Å²) in [5, 5.41) is 32.3. The molecule has 0 saturated heterocycles. The molecule has 0 fully saturated rings. The third kappa shape index (κ3) is 8.17. The number of carboxylic acid groups (broad SMARTS) is 2. The third-order valence-corrected chi connectivity index (χ3v) is 10.4. The van der Waals surface area contributed by atoms with Crippen molar-refractivity contribution in [2.75, 3.05) is 0 Å². The summed E-state index contributed by atoms with van der Waals surface area (Å²) >= 11 is 3.42. The number of hydrogen-bond donors (Lipinski definition) is 3. The third-order valence-electron chi connectivity index (χ3n) is 7.94. The predicted molar refractivity (Wildman–Crippen MR) is 187 cm³/mol. The van der Waals surface area contributed by atoms with Crippen molar-refractivity contribution < 1.29 is 24.9 Å². The Morgan fingerprint density at radius 2 is 0.886 bits per heavy atom. The van der Waals surface area contributed by atoms with Crippen molar-refractivity contribution in [3.8, 4) is 5.75 Å². The van der Waals surface area contributed by atoms with Crippen LogP contribution in [-0.4, -0.2) is 31.3 Å². The van der Waals surface area contributed by atoms with Gasteiger partial charge in [-0.1, -0.05) is 96.4 Å². The number of benzene rings is 2. The summed E-state index contributed by atoms with van der Waals surface area (Å²) in [6.07, 6.45) is 0.427. The smallest absolute Gasteiger partial charge is 0.325 e. The molecule has 7 heteroatoms. The second-order valence-electron chi connectivity index (χ2n) is 16.6. The van der Waals surface area contributed by atoms with Crippen molar-refractivity contribution in [1.82, 2.24) is 0 Å². The first kappa shape index (κ1) is 38.1. The SMILES string of the molecule is CCCC(C(=O)O)(C(=O)O)c1c(C(C)(C)C)cc(SC(C)(C)Sc2cc(C(C)(C)C)c(O)c(C(C)(C)C)c2)cc1C(C)(C)C. The summed E-state index contributed by atoms with van der Waals surface area (Å²) in [5.74, 6) is -2.29. The highest BCUT2D eigenvalue weighted by Gasteiger charge is 2.52. The second kappa shape index (κ2) is 12.6. The van der Waals surface area contributed by atoms with Gasteiger partial charge in [0.15, 0.2) is 5.41 Å². The van der Waals surface area contributed by atoms with Gasteiger partial charge in [-0.15, -0.1) is 23.5 Å². The number of phenolic OH excluding ortho intramolecular Hbond substituents is 1. The van der Waals surface area contributed by atoms with Crippen LogP contribution in [0.25, 0.3) is 0 Å². The van der Waals surface area contributed by atoms with Gasteiger partial charge in [-0.3, -0.25) is 9.59 Å². The lowest BCUT2D eigenvalue weighted by Crippen LogP contribution is -2.47. The average Bonchev–Trinajstić information content (AvgIpc) is 2.79. The molecule has 44 heavy (non-hydrogen) atoms. The van der Waals surface area contributed by atoms with Crippen LogP contribution in [0, 0.1) is 0 Å². The summed E-state index contributed by atoms with van der Waals surface area (Å²) in [6, 6.07) is 8.24. The quantitative estimate of drug-likeness (QED) is 0.142. The molecule has 2 aromatic carbocycles. The normalized spacial score (nSPS) is 13.7. The minimum absolute atomic E-state index is 0.00470. The molecule has 0 aliphatic rings. The van der Waals surface area contributed by atoms with Crippen LogP contribution in [0.3, 0.4) is 0 Å². The van der Waals surface area contributed by atoms with E-state index in [9.17, 15) is 24.9 Å². The van der Waals surface area contributed by atoms with Gasteiger partial charge in [-0.05, 0) is 82.9 Å². The predicted octanol–water partition coefficient (Wildman–Crippen LogP) is 10.4. The van der Waals surface area contributed by atoms with Gasteiger partial charge in [0.05, 0.1) is 4.08 Å². The molecular weight excluding hydrogens is 589 g/mol. The molecule has 2 aromatic rings. The lowest BCUT2D eigenvalue weighted by Gasteiger charge is -2.38. The molecule has 0 aliphatic heterocycles. The van der Waals surface area contributed by atoms with Gasteiger partial charge in [0.25, 0.3) is 0 Å². The number of carbonyl (C=O) groups is 2. The molecule has 0 radical (unpaired) electrons. The standard InChI is InChI=1S/C37H56O5S2/c1-16-17-37(30(39)40,31(41)42)28-24(32(2,3)4)18-22(19-25(28)33(5,6)7)43-36(14,15)44-23-20-26(34(8,9)10)29(38)27(21-23)35(11,12)13/h18-21,38H,16-17H2,1-15H3,(H,39,40)(H,41,42). The maximum absolute atomic E-state index is 12.9. The first-order valence-corrected chi connectivity index (χ1v) is 17.1. The largest absolute Gasteiger partial charge is 0.507 e. The fourth-order valence-electron chi connectivity index (χ4n) is 5.74. The van der Waals surface area contributed by atoms with Crippen molar-refractivity contribution in [3.63, 3.8) is 0 Å². The zero-order valence-electron chi connectivity index (χ0n) is 29.7. The van der Waals surface area contributed by atoms with Crippen molar-refractivity contribution in [1.29, 1.82) is 0 Å². The molecular formula is C37H56O5S2. The van der Waals surface area contributed by atoms with Crippen LogP contribution in [0.15, 0.2) is 34.1 Å². The maximum Gasteiger partial charge on any atom is 0.325 e. The van der Waals surface area contributed by atoms with Crippen molar-refractivity contribution in [2.24, 2.45) is 0 Å². The molecule has 0 heterocycles. The fourth-order valence-corrected chi connectivity index (χ4v) is 8.32. The van der Waals surface area contributed by atoms with E-state index in [1.807, 2.05) is 60.6 Å². The van der Waals surface area contributed by atoms with Crippen LogP contribution in [0.2, 0.25) is 0 Å². The van der Waals surface area contributed by atoms with Crippen molar-refractivity contribution in [3.05, 3.63) is 52.1 Å².